The number of fused-ring (bicyclic) bond motifs is 2. The number of nitrogens with two attached hydrogens (primary N) is 1. The number of rotatable bonds is 8. The average Bonchev–Trinajstić information content (AvgIpc) is 3.37. The number of nitrogen functional groups attached to an aromatic ring is 1. The predicted octanol–water partition coefficient (Wildman–Crippen LogP) is 4.20. The molecule has 3 heterocycles. The zero-order valence-corrected chi connectivity index (χ0v) is 20.6. The molecule has 5 aromatic rings. The summed E-state index contributed by atoms with van der Waals surface area (Å²) in [5.74, 6) is -0.609. The number of hydrogen-bond acceptors (Lipinski definition) is 6. The minimum Gasteiger partial charge on any atom is -0.382 e. The van der Waals surface area contributed by atoms with Crippen molar-refractivity contribution < 1.29 is 18.3 Å². The summed E-state index contributed by atoms with van der Waals surface area (Å²) in [6.07, 6.45) is 0.592. The number of pyridine rings is 1. The lowest BCUT2D eigenvalue weighted by Gasteiger charge is -2.20. The van der Waals surface area contributed by atoms with E-state index in [-0.39, 0.29) is 18.8 Å². The van der Waals surface area contributed by atoms with E-state index in [1.165, 1.54) is 12.1 Å². The molecule has 37 heavy (non-hydrogen) atoms. The van der Waals surface area contributed by atoms with Crippen LogP contribution < -0.4 is 11.1 Å². The van der Waals surface area contributed by atoms with E-state index in [9.17, 15) is 13.6 Å². The van der Waals surface area contributed by atoms with Crippen molar-refractivity contribution in [1.29, 1.82) is 0 Å². The largest absolute Gasteiger partial charge is 0.382 e. The summed E-state index contributed by atoms with van der Waals surface area (Å²) in [6, 6.07) is 7.84. The molecule has 0 saturated heterocycles. The van der Waals surface area contributed by atoms with Crippen LogP contribution in [0.25, 0.3) is 33.2 Å². The molecule has 2 aromatic carbocycles. The number of aromatic nitrogens is 5. The Hall–Kier alpha value is -4.09. The van der Waals surface area contributed by atoms with E-state index >= 15 is 0 Å². The van der Waals surface area contributed by atoms with Gasteiger partial charge in [-0.2, -0.15) is 5.10 Å². The number of anilines is 1. The molecule has 1 amide bonds. The van der Waals surface area contributed by atoms with Crippen LogP contribution in [0.3, 0.4) is 0 Å². The molecule has 0 radical (unpaired) electrons. The summed E-state index contributed by atoms with van der Waals surface area (Å²) in [5.41, 5.74) is 9.92. The Morgan fingerprint density at radius 3 is 2.65 bits per heavy atom. The van der Waals surface area contributed by atoms with Crippen LogP contribution in [0, 0.1) is 11.6 Å². The zero-order valence-electron chi connectivity index (χ0n) is 19.8. The number of nitrogens with zero attached hydrogens (tertiary/aromatic N) is 4. The minimum atomic E-state index is -0.753. The maximum Gasteiger partial charge on any atom is 0.207 e. The number of ether oxygens (including phenoxy) is 1. The van der Waals surface area contributed by atoms with Crippen LogP contribution in [0.15, 0.2) is 36.4 Å². The molecule has 0 aliphatic heterocycles. The molecule has 190 valence electrons. The summed E-state index contributed by atoms with van der Waals surface area (Å²) in [6.45, 7) is 0.239. The summed E-state index contributed by atoms with van der Waals surface area (Å²) in [4.78, 5) is 24.1. The maximum absolute atomic E-state index is 13.9. The standard InChI is InChI=1S/C25H22ClF2N7O2/c1-35-23-15(3-4-17(26)21(23)24(29)34-35)16-9-19-25(32-20(31-19)10-37-2)33-22(16)18(30-11-36)7-12-5-13(27)8-14(28)6-12/h3-6,8-9,11,18H,7,10H2,1-2H3,(H2,29,34)(H,30,36)(H,31,32,33). The molecule has 0 spiro atoms. The molecular weight excluding hydrogens is 504 g/mol. The number of imidazole rings is 1. The third kappa shape index (κ3) is 4.58. The van der Waals surface area contributed by atoms with Gasteiger partial charge in [-0.1, -0.05) is 17.7 Å². The molecule has 3 aromatic heterocycles. The van der Waals surface area contributed by atoms with E-state index < -0.39 is 17.7 Å². The molecule has 0 fully saturated rings. The lowest BCUT2D eigenvalue weighted by atomic mass is 9.94. The summed E-state index contributed by atoms with van der Waals surface area (Å²) < 4.78 is 34.7. The van der Waals surface area contributed by atoms with Gasteiger partial charge >= 0.3 is 0 Å². The van der Waals surface area contributed by atoms with Crippen molar-refractivity contribution in [2.24, 2.45) is 7.05 Å². The van der Waals surface area contributed by atoms with Gasteiger partial charge in [0.25, 0.3) is 0 Å². The minimum absolute atomic E-state index is 0.0680. The Morgan fingerprint density at radius 2 is 1.95 bits per heavy atom. The topological polar surface area (TPSA) is 124 Å². The van der Waals surface area contributed by atoms with Crippen molar-refractivity contribution in [2.75, 3.05) is 12.8 Å². The second kappa shape index (κ2) is 9.75. The fraction of sp³-hybridized carbons (Fsp3) is 0.200. The molecule has 12 heteroatoms. The van der Waals surface area contributed by atoms with Gasteiger partial charge in [-0.25, -0.2) is 18.7 Å². The predicted molar refractivity (Wildman–Crippen MR) is 136 cm³/mol. The van der Waals surface area contributed by atoms with Crippen LogP contribution in [0.5, 0.6) is 0 Å². The summed E-state index contributed by atoms with van der Waals surface area (Å²) in [5, 5.41) is 8.08. The highest BCUT2D eigenvalue weighted by Gasteiger charge is 2.24. The molecule has 9 nitrogen and oxygen atoms in total. The molecule has 1 atom stereocenters. The molecule has 0 saturated carbocycles. The second-order valence-corrected chi connectivity index (χ2v) is 8.96. The number of nitrogens with one attached hydrogen (secondary N) is 2. The number of carbonyl (C=O) groups is 1. The Kier molecular flexibility index (Phi) is 6.48. The second-order valence-electron chi connectivity index (χ2n) is 8.56. The van der Waals surface area contributed by atoms with Crippen LogP contribution in [-0.2, 0) is 29.6 Å². The van der Waals surface area contributed by atoms with E-state index in [0.29, 0.717) is 61.7 Å². The van der Waals surface area contributed by atoms with Crippen molar-refractivity contribution in [3.63, 3.8) is 0 Å². The number of benzene rings is 2. The molecule has 0 aliphatic carbocycles. The fourth-order valence-corrected chi connectivity index (χ4v) is 4.85. The molecule has 5 rings (SSSR count). The highest BCUT2D eigenvalue weighted by atomic mass is 35.5. The third-order valence-electron chi connectivity index (χ3n) is 6.05. The van der Waals surface area contributed by atoms with Gasteiger partial charge in [0.05, 0.1) is 33.2 Å². The van der Waals surface area contributed by atoms with Crippen molar-refractivity contribution >= 4 is 45.9 Å². The lowest BCUT2D eigenvalue weighted by molar-refractivity contribution is -0.110. The van der Waals surface area contributed by atoms with E-state index in [2.05, 4.69) is 20.4 Å². The number of H-pyrrole nitrogens is 1. The maximum atomic E-state index is 13.9. The number of amides is 1. The van der Waals surface area contributed by atoms with E-state index in [0.717, 1.165) is 6.07 Å². The Morgan fingerprint density at radius 1 is 1.19 bits per heavy atom. The highest BCUT2D eigenvalue weighted by Crippen LogP contribution is 2.39. The van der Waals surface area contributed by atoms with Gasteiger partial charge in [0.2, 0.25) is 6.41 Å². The molecule has 0 aliphatic rings. The van der Waals surface area contributed by atoms with Gasteiger partial charge in [-0.05, 0) is 36.2 Å². The van der Waals surface area contributed by atoms with Crippen LogP contribution in [0.1, 0.15) is 23.1 Å². The van der Waals surface area contributed by atoms with Gasteiger partial charge in [0, 0.05) is 31.4 Å². The normalized spacial score (nSPS) is 12.4. The van der Waals surface area contributed by atoms with Crippen molar-refractivity contribution in [3.05, 3.63) is 70.1 Å². The van der Waals surface area contributed by atoms with E-state index in [1.807, 2.05) is 12.1 Å². The van der Waals surface area contributed by atoms with Crippen LogP contribution in [0.2, 0.25) is 5.02 Å². The van der Waals surface area contributed by atoms with E-state index in [1.54, 1.807) is 24.9 Å². The Labute approximate surface area is 214 Å². The number of hydrogen-bond donors (Lipinski definition) is 3. The van der Waals surface area contributed by atoms with Crippen molar-refractivity contribution in [2.45, 2.75) is 19.1 Å². The van der Waals surface area contributed by atoms with Crippen molar-refractivity contribution in [3.8, 4) is 11.1 Å². The van der Waals surface area contributed by atoms with Crippen molar-refractivity contribution in [1.82, 2.24) is 30.0 Å². The molecule has 0 bridgehead atoms. The smallest absolute Gasteiger partial charge is 0.207 e. The average molecular weight is 526 g/mol. The van der Waals surface area contributed by atoms with Crippen LogP contribution in [0.4, 0.5) is 14.6 Å². The molecule has 1 unspecified atom stereocenters. The first-order valence-electron chi connectivity index (χ1n) is 11.2. The van der Waals surface area contributed by atoms with E-state index in [4.69, 9.17) is 27.1 Å². The monoisotopic (exact) mass is 525 g/mol. The van der Waals surface area contributed by atoms with Crippen LogP contribution >= 0.6 is 11.6 Å². The molecular formula is C25H22ClF2N7O2. The number of aromatic amines is 1. The van der Waals surface area contributed by atoms with Gasteiger partial charge in [0.1, 0.15) is 24.1 Å². The lowest BCUT2D eigenvalue weighted by Crippen LogP contribution is -2.24. The van der Waals surface area contributed by atoms with Gasteiger partial charge < -0.3 is 20.8 Å². The molecule has 4 N–H and O–H groups in total. The summed E-state index contributed by atoms with van der Waals surface area (Å²) >= 11 is 6.45. The van der Waals surface area contributed by atoms with Gasteiger partial charge in [-0.15, -0.1) is 0 Å². The first-order valence-corrected chi connectivity index (χ1v) is 11.6. The summed E-state index contributed by atoms with van der Waals surface area (Å²) in [7, 11) is 3.30. The highest BCUT2D eigenvalue weighted by molar-refractivity contribution is 6.37. The first-order chi connectivity index (χ1) is 17.8. The number of carbonyl (C=O) groups excluding carboxylic acids is 1. The number of aryl methyl sites for hydroxylation is 1. The van der Waals surface area contributed by atoms with Crippen LogP contribution in [-0.4, -0.2) is 38.3 Å². The number of methoxy groups -OCH3 is 1. The Balaban J connectivity index is 1.77. The number of halogens is 3. The van der Waals surface area contributed by atoms with Gasteiger partial charge in [0.15, 0.2) is 11.5 Å². The zero-order chi connectivity index (χ0) is 26.3. The fourth-order valence-electron chi connectivity index (χ4n) is 4.60. The third-order valence-corrected chi connectivity index (χ3v) is 6.36. The SMILES string of the molecule is COCc1nc2nc(C(Cc3cc(F)cc(F)c3)NC=O)c(-c3ccc(Cl)c4c(N)nn(C)c34)cc2[nH]1. The quantitative estimate of drug-likeness (QED) is 0.261. The Bertz CT molecular complexity index is 1630. The van der Waals surface area contributed by atoms with Gasteiger partial charge in [-0.3, -0.25) is 9.48 Å². The first kappa shape index (κ1) is 24.6.